The number of nitrogens with zero attached hydrogens (tertiary/aromatic N) is 1. The van der Waals surface area contributed by atoms with Gasteiger partial charge in [0.05, 0.1) is 24.3 Å². The van der Waals surface area contributed by atoms with Crippen LogP contribution < -0.4 is 5.32 Å². The number of amides is 1. The number of carbonyl (C=O) groups excluding carboxylic acids is 2. The molecule has 1 aliphatic heterocycles. The minimum absolute atomic E-state index is 0.00804. The van der Waals surface area contributed by atoms with Gasteiger partial charge in [-0.1, -0.05) is 48.5 Å². The number of carbonyl (C=O) groups is 2. The maximum absolute atomic E-state index is 13.3. The van der Waals surface area contributed by atoms with Gasteiger partial charge in [0.2, 0.25) is 5.91 Å². The molecule has 5 nitrogen and oxygen atoms in total. The number of methoxy groups -OCH3 is 1. The average Bonchev–Trinajstić information content (AvgIpc) is 3.75. The van der Waals surface area contributed by atoms with E-state index in [0.717, 1.165) is 43.9 Å². The van der Waals surface area contributed by atoms with Crippen LogP contribution >= 0.6 is 0 Å². The summed E-state index contributed by atoms with van der Waals surface area (Å²) in [5.74, 6) is 1.16. The van der Waals surface area contributed by atoms with Crippen molar-refractivity contribution in [3.63, 3.8) is 0 Å². The van der Waals surface area contributed by atoms with E-state index in [1.807, 2.05) is 30.3 Å². The van der Waals surface area contributed by atoms with E-state index in [1.54, 1.807) is 6.07 Å². The number of ether oxygens (including phenoxy) is 1. The van der Waals surface area contributed by atoms with Gasteiger partial charge in [0.1, 0.15) is 0 Å². The van der Waals surface area contributed by atoms with Gasteiger partial charge < -0.3 is 10.1 Å². The molecule has 3 aliphatic rings. The Morgan fingerprint density at radius 3 is 2.44 bits per heavy atom. The number of hydrogen-bond donors (Lipinski definition) is 1. The molecule has 5 rings (SSSR count). The summed E-state index contributed by atoms with van der Waals surface area (Å²) in [4.78, 5) is 24.3. The van der Waals surface area contributed by atoms with Crippen LogP contribution in [-0.2, 0) is 32.6 Å². The average molecular weight is 475 g/mol. The number of likely N-dealkylation sites (tertiary alicyclic amines) is 1. The monoisotopic (exact) mass is 474 g/mol. The molecule has 0 bridgehead atoms. The van der Waals surface area contributed by atoms with Gasteiger partial charge >= 0.3 is 6.18 Å². The van der Waals surface area contributed by atoms with E-state index in [-0.39, 0.29) is 17.5 Å². The van der Waals surface area contributed by atoms with Crippen molar-refractivity contribution in [1.29, 1.82) is 0 Å². The summed E-state index contributed by atoms with van der Waals surface area (Å²) in [5, 5.41) is 3.28. The van der Waals surface area contributed by atoms with E-state index < -0.39 is 11.7 Å². The second kappa shape index (κ2) is 9.78. The summed E-state index contributed by atoms with van der Waals surface area (Å²) in [6, 6.07) is 15.2. The van der Waals surface area contributed by atoms with E-state index >= 15 is 0 Å². The summed E-state index contributed by atoms with van der Waals surface area (Å²) in [5.41, 5.74) is 0.817. The highest BCUT2D eigenvalue weighted by molar-refractivity contribution is 5.83. The lowest BCUT2D eigenvalue weighted by Gasteiger charge is -2.35. The summed E-state index contributed by atoms with van der Waals surface area (Å²) in [6.07, 6.45) is -0.596. The predicted molar refractivity (Wildman–Crippen MR) is 120 cm³/mol. The third-order valence-electron chi connectivity index (χ3n) is 6.98. The third kappa shape index (κ3) is 5.60. The second-order valence-corrected chi connectivity index (χ2v) is 9.40. The zero-order chi connectivity index (χ0) is 24.3. The molecule has 3 atom stereocenters. The predicted octanol–water partition coefficient (Wildman–Crippen LogP) is 4.51. The lowest BCUT2D eigenvalue weighted by molar-refractivity contribution is -0.137. The van der Waals surface area contributed by atoms with Crippen molar-refractivity contribution < 1.29 is 27.5 Å². The van der Waals surface area contributed by atoms with Gasteiger partial charge in [0.15, 0.2) is 0 Å². The Kier molecular flexibility index (Phi) is 6.98. The Labute approximate surface area is 197 Å². The number of hydrogen-bond acceptors (Lipinski definition) is 4. The van der Waals surface area contributed by atoms with Gasteiger partial charge in [0.25, 0.3) is 6.47 Å². The molecule has 34 heavy (non-hydrogen) atoms. The molecule has 0 aromatic heterocycles. The van der Waals surface area contributed by atoms with Crippen LogP contribution in [-0.4, -0.2) is 37.0 Å². The van der Waals surface area contributed by atoms with Gasteiger partial charge in [-0.2, -0.15) is 13.2 Å². The molecule has 0 radical (unpaired) electrons. The molecule has 2 aromatic carbocycles. The number of halogens is 3. The van der Waals surface area contributed by atoms with Crippen LogP contribution in [0.2, 0.25) is 0 Å². The number of alkyl halides is 3. The lowest BCUT2D eigenvalue weighted by Crippen LogP contribution is -2.52. The minimum Gasteiger partial charge on any atom is -0.471 e. The first-order valence-corrected chi connectivity index (χ1v) is 11.5. The Morgan fingerprint density at radius 2 is 1.82 bits per heavy atom. The molecule has 1 heterocycles. The molecule has 1 amide bonds. The van der Waals surface area contributed by atoms with Crippen LogP contribution in [0, 0.1) is 11.8 Å². The smallest absolute Gasteiger partial charge is 0.416 e. The molecule has 0 spiro atoms. The molecule has 2 saturated carbocycles. The van der Waals surface area contributed by atoms with Gasteiger partial charge in [-0.25, -0.2) is 0 Å². The van der Waals surface area contributed by atoms with Crippen LogP contribution in [0.3, 0.4) is 0 Å². The van der Waals surface area contributed by atoms with Crippen LogP contribution in [0.5, 0.6) is 0 Å². The van der Waals surface area contributed by atoms with Crippen LogP contribution in [0.4, 0.5) is 13.2 Å². The van der Waals surface area contributed by atoms with Crippen molar-refractivity contribution >= 4 is 12.4 Å². The Balaban J connectivity index is 0.000000636. The fourth-order valence-electron chi connectivity index (χ4n) is 4.90. The lowest BCUT2D eigenvalue weighted by atomic mass is 9.98. The standard InChI is InChI=1S/C24H25F3N2O.C2H4O2/c25-24(26,27)20-8-4-5-16(11-20)14-29-15-18-12-17(18)13-21(29)22(30)28-23(9-10-23)19-6-2-1-3-7-19;1-4-2-3/h1-8,11,17-18,21H,9-10,12-15H2,(H,28,30);2H,1H3. The molecule has 3 fully saturated rings. The SMILES string of the molecule is COC=O.O=C(NC1(c2ccccc2)CC1)C1CC2CC2CN1Cc1cccc(C(F)(F)F)c1. The number of rotatable bonds is 6. The highest BCUT2D eigenvalue weighted by Gasteiger charge is 2.51. The number of nitrogens with one attached hydrogen (secondary N) is 1. The molecular formula is C26H29F3N2O3. The molecule has 2 aromatic rings. The first-order chi connectivity index (χ1) is 16.3. The van der Waals surface area contributed by atoms with Crippen molar-refractivity contribution in [3.8, 4) is 0 Å². The zero-order valence-electron chi connectivity index (χ0n) is 19.1. The molecule has 182 valence electrons. The highest BCUT2D eigenvalue weighted by Crippen LogP contribution is 2.49. The van der Waals surface area contributed by atoms with Gasteiger partial charge in [-0.3, -0.25) is 14.5 Å². The Morgan fingerprint density at radius 1 is 1.12 bits per heavy atom. The summed E-state index contributed by atoms with van der Waals surface area (Å²) in [6.45, 7) is 1.51. The molecule has 1 N–H and O–H groups in total. The molecule has 3 unspecified atom stereocenters. The fraction of sp³-hybridized carbons (Fsp3) is 0.462. The van der Waals surface area contributed by atoms with Crippen molar-refractivity contribution in [1.82, 2.24) is 10.2 Å². The first kappa shape index (κ1) is 24.3. The maximum Gasteiger partial charge on any atom is 0.416 e. The maximum atomic E-state index is 13.3. The van der Waals surface area contributed by atoms with Crippen molar-refractivity contribution in [2.75, 3.05) is 13.7 Å². The van der Waals surface area contributed by atoms with Gasteiger partial charge in [-0.15, -0.1) is 0 Å². The van der Waals surface area contributed by atoms with E-state index in [1.165, 1.54) is 19.2 Å². The van der Waals surface area contributed by atoms with Gasteiger partial charge in [-0.05, 0) is 54.7 Å². The minimum atomic E-state index is -4.36. The number of fused-ring (bicyclic) bond motifs is 1. The second-order valence-electron chi connectivity index (χ2n) is 9.40. The normalized spacial score (nSPS) is 24.6. The van der Waals surface area contributed by atoms with Crippen LogP contribution in [0.1, 0.15) is 42.4 Å². The molecular weight excluding hydrogens is 445 g/mol. The van der Waals surface area contributed by atoms with E-state index in [2.05, 4.69) is 15.0 Å². The molecule has 1 saturated heterocycles. The van der Waals surface area contributed by atoms with E-state index in [0.29, 0.717) is 30.4 Å². The quantitative estimate of drug-likeness (QED) is 0.626. The Bertz CT molecular complexity index is 1010. The van der Waals surface area contributed by atoms with E-state index in [9.17, 15) is 18.0 Å². The molecule has 2 aliphatic carbocycles. The van der Waals surface area contributed by atoms with Crippen LogP contribution in [0.15, 0.2) is 54.6 Å². The van der Waals surface area contributed by atoms with Crippen LogP contribution in [0.25, 0.3) is 0 Å². The zero-order valence-corrected chi connectivity index (χ0v) is 19.1. The summed E-state index contributed by atoms with van der Waals surface area (Å²) >= 11 is 0. The van der Waals surface area contributed by atoms with Crippen molar-refractivity contribution in [2.24, 2.45) is 11.8 Å². The van der Waals surface area contributed by atoms with E-state index in [4.69, 9.17) is 4.79 Å². The fourth-order valence-corrected chi connectivity index (χ4v) is 4.90. The Hall–Kier alpha value is -2.87. The van der Waals surface area contributed by atoms with Gasteiger partial charge in [0, 0.05) is 13.1 Å². The topological polar surface area (TPSA) is 58.6 Å². The van der Waals surface area contributed by atoms with Crippen molar-refractivity contribution in [3.05, 3.63) is 71.3 Å². The summed E-state index contributed by atoms with van der Waals surface area (Å²) in [7, 11) is 1.31. The highest BCUT2D eigenvalue weighted by atomic mass is 19.4. The number of piperidine rings is 1. The third-order valence-corrected chi connectivity index (χ3v) is 6.98. The summed E-state index contributed by atoms with van der Waals surface area (Å²) < 4.78 is 43.1. The largest absolute Gasteiger partial charge is 0.471 e. The first-order valence-electron chi connectivity index (χ1n) is 11.5. The number of benzene rings is 2. The van der Waals surface area contributed by atoms with Crippen molar-refractivity contribution in [2.45, 2.75) is 50.0 Å². The molecule has 8 heteroatoms.